The van der Waals surface area contributed by atoms with Gasteiger partial charge >= 0.3 is 0 Å². The van der Waals surface area contributed by atoms with Crippen molar-refractivity contribution in [3.05, 3.63) is 53.6 Å². The fourth-order valence-electron chi connectivity index (χ4n) is 2.40. The van der Waals surface area contributed by atoms with Crippen molar-refractivity contribution in [2.75, 3.05) is 18.5 Å². The number of benzene rings is 2. The molecule has 0 saturated heterocycles. The molecule has 1 amide bonds. The number of ether oxygens (including phenoxy) is 2. The minimum atomic E-state index is -0.890. The van der Waals surface area contributed by atoms with Crippen molar-refractivity contribution < 1.29 is 19.4 Å². The molecule has 1 aliphatic heterocycles. The Morgan fingerprint density at radius 1 is 1.30 bits per heavy atom. The molecule has 0 bridgehead atoms. The maximum Gasteiger partial charge on any atom is 0.262 e. The highest BCUT2D eigenvalue weighted by molar-refractivity contribution is 5.96. The van der Waals surface area contributed by atoms with Crippen molar-refractivity contribution in [3.8, 4) is 11.5 Å². The number of rotatable bonds is 5. The Balaban J connectivity index is 1.88. The normalized spacial score (nSPS) is 14.4. The lowest BCUT2D eigenvalue weighted by Gasteiger charge is -2.23. The van der Waals surface area contributed by atoms with E-state index in [1.165, 1.54) is 0 Å². The fourth-order valence-corrected chi connectivity index (χ4v) is 2.40. The van der Waals surface area contributed by atoms with Gasteiger partial charge in [0.25, 0.3) is 5.91 Å². The quantitative estimate of drug-likeness (QED) is 0.779. The van der Waals surface area contributed by atoms with Gasteiger partial charge in [-0.1, -0.05) is 30.3 Å². The molecule has 0 aliphatic carbocycles. The number of nitrogens with two attached hydrogens (primary N) is 1. The molecule has 3 rings (SSSR count). The molecule has 0 fully saturated rings. The van der Waals surface area contributed by atoms with Gasteiger partial charge in [0.1, 0.15) is 18.1 Å². The van der Waals surface area contributed by atoms with E-state index in [-0.39, 0.29) is 19.1 Å². The highest BCUT2D eigenvalue weighted by Crippen LogP contribution is 2.39. The van der Waals surface area contributed by atoms with Crippen LogP contribution in [0, 0.1) is 0 Å². The van der Waals surface area contributed by atoms with Crippen LogP contribution in [0.3, 0.4) is 0 Å². The monoisotopic (exact) mass is 314 g/mol. The lowest BCUT2D eigenvalue weighted by molar-refractivity contribution is -0.118. The molecular weight excluding hydrogens is 296 g/mol. The SMILES string of the molecule is NCC(O)c1cc(OCc2ccccc2)cc2c1OCC(=O)N2. The van der Waals surface area contributed by atoms with Gasteiger partial charge in [0, 0.05) is 18.2 Å². The molecule has 1 unspecified atom stereocenters. The van der Waals surface area contributed by atoms with E-state index in [4.69, 9.17) is 15.2 Å². The van der Waals surface area contributed by atoms with Gasteiger partial charge in [0.2, 0.25) is 0 Å². The summed E-state index contributed by atoms with van der Waals surface area (Å²) < 4.78 is 11.2. The number of carbonyl (C=O) groups excluding carboxylic acids is 1. The summed E-state index contributed by atoms with van der Waals surface area (Å²) in [6.45, 7) is 0.347. The van der Waals surface area contributed by atoms with Crippen molar-refractivity contribution in [1.82, 2.24) is 0 Å². The van der Waals surface area contributed by atoms with Crippen LogP contribution in [-0.4, -0.2) is 24.2 Å². The third-order valence-corrected chi connectivity index (χ3v) is 3.54. The maximum atomic E-state index is 11.5. The van der Waals surface area contributed by atoms with Gasteiger partial charge in [-0.15, -0.1) is 0 Å². The predicted molar refractivity (Wildman–Crippen MR) is 85.4 cm³/mol. The molecular formula is C17H18N2O4. The largest absolute Gasteiger partial charge is 0.489 e. The lowest BCUT2D eigenvalue weighted by atomic mass is 10.1. The summed E-state index contributed by atoms with van der Waals surface area (Å²) in [5, 5.41) is 12.8. The summed E-state index contributed by atoms with van der Waals surface area (Å²) in [5.41, 5.74) is 7.55. The van der Waals surface area contributed by atoms with Crippen LogP contribution in [0.2, 0.25) is 0 Å². The first-order valence-electron chi connectivity index (χ1n) is 7.33. The Hall–Kier alpha value is -2.57. The molecule has 1 heterocycles. The molecule has 23 heavy (non-hydrogen) atoms. The third-order valence-electron chi connectivity index (χ3n) is 3.54. The molecule has 120 valence electrons. The number of hydrogen-bond acceptors (Lipinski definition) is 5. The van der Waals surface area contributed by atoms with E-state index in [0.29, 0.717) is 29.4 Å². The van der Waals surface area contributed by atoms with Crippen molar-refractivity contribution in [2.24, 2.45) is 5.73 Å². The number of aliphatic hydroxyl groups is 1. The van der Waals surface area contributed by atoms with Crippen molar-refractivity contribution in [1.29, 1.82) is 0 Å². The summed E-state index contributed by atoms with van der Waals surface area (Å²) >= 11 is 0. The van der Waals surface area contributed by atoms with E-state index in [2.05, 4.69) is 5.32 Å². The van der Waals surface area contributed by atoms with Crippen molar-refractivity contribution >= 4 is 11.6 Å². The van der Waals surface area contributed by atoms with Gasteiger partial charge in [-0.2, -0.15) is 0 Å². The fraction of sp³-hybridized carbons (Fsp3) is 0.235. The lowest BCUT2D eigenvalue weighted by Crippen LogP contribution is -2.27. The Kier molecular flexibility index (Phi) is 4.45. The van der Waals surface area contributed by atoms with Crippen LogP contribution in [-0.2, 0) is 11.4 Å². The summed E-state index contributed by atoms with van der Waals surface area (Å²) in [4.78, 5) is 11.5. The average Bonchev–Trinajstić information content (AvgIpc) is 2.59. The molecule has 4 N–H and O–H groups in total. The first-order chi connectivity index (χ1) is 11.2. The van der Waals surface area contributed by atoms with E-state index in [9.17, 15) is 9.90 Å². The zero-order chi connectivity index (χ0) is 16.2. The Morgan fingerprint density at radius 2 is 2.09 bits per heavy atom. The predicted octanol–water partition coefficient (Wildman–Crippen LogP) is 1.59. The molecule has 1 atom stereocenters. The molecule has 0 aromatic heterocycles. The van der Waals surface area contributed by atoms with Crippen LogP contribution in [0.25, 0.3) is 0 Å². The van der Waals surface area contributed by atoms with Gasteiger partial charge < -0.3 is 25.6 Å². The number of anilines is 1. The number of aliphatic hydroxyl groups excluding tert-OH is 1. The summed E-state index contributed by atoms with van der Waals surface area (Å²) in [6, 6.07) is 13.1. The summed E-state index contributed by atoms with van der Waals surface area (Å²) in [6.07, 6.45) is -0.890. The van der Waals surface area contributed by atoms with Crippen LogP contribution in [0.15, 0.2) is 42.5 Å². The standard InChI is InChI=1S/C17H18N2O4/c18-8-15(20)13-6-12(22-9-11-4-2-1-3-5-11)7-14-17(13)23-10-16(21)19-14/h1-7,15,20H,8-10,18H2,(H,19,21). The molecule has 1 aliphatic rings. The second-order valence-corrected chi connectivity index (χ2v) is 5.25. The molecule has 2 aromatic carbocycles. The highest BCUT2D eigenvalue weighted by atomic mass is 16.5. The van der Waals surface area contributed by atoms with Crippen LogP contribution >= 0.6 is 0 Å². The van der Waals surface area contributed by atoms with Gasteiger partial charge in [-0.3, -0.25) is 4.79 Å². The van der Waals surface area contributed by atoms with Crippen LogP contribution in [0.1, 0.15) is 17.2 Å². The molecule has 0 radical (unpaired) electrons. The average molecular weight is 314 g/mol. The van der Waals surface area contributed by atoms with Gasteiger partial charge in [-0.25, -0.2) is 0 Å². The summed E-state index contributed by atoms with van der Waals surface area (Å²) in [5.74, 6) is 0.724. The molecule has 0 spiro atoms. The van der Waals surface area contributed by atoms with E-state index >= 15 is 0 Å². The second kappa shape index (κ2) is 6.68. The molecule has 6 nitrogen and oxygen atoms in total. The van der Waals surface area contributed by atoms with Crippen molar-refractivity contribution in [2.45, 2.75) is 12.7 Å². The number of hydrogen-bond donors (Lipinski definition) is 3. The van der Waals surface area contributed by atoms with E-state index in [1.807, 2.05) is 30.3 Å². The third kappa shape index (κ3) is 3.44. The van der Waals surface area contributed by atoms with Gasteiger partial charge in [0.15, 0.2) is 6.61 Å². The summed E-state index contributed by atoms with van der Waals surface area (Å²) in [7, 11) is 0. The maximum absolute atomic E-state index is 11.5. The smallest absolute Gasteiger partial charge is 0.262 e. The van der Waals surface area contributed by atoms with Gasteiger partial charge in [-0.05, 0) is 11.6 Å². The van der Waals surface area contributed by atoms with E-state index in [0.717, 1.165) is 5.56 Å². The van der Waals surface area contributed by atoms with Crippen LogP contribution in [0.5, 0.6) is 11.5 Å². The molecule has 6 heteroatoms. The number of amides is 1. The topological polar surface area (TPSA) is 93.8 Å². The van der Waals surface area contributed by atoms with Gasteiger partial charge in [0.05, 0.1) is 11.8 Å². The number of carbonyl (C=O) groups is 1. The second-order valence-electron chi connectivity index (χ2n) is 5.25. The Labute approximate surface area is 133 Å². The molecule has 2 aromatic rings. The minimum absolute atomic E-state index is 0.0475. The van der Waals surface area contributed by atoms with Crippen LogP contribution < -0.4 is 20.5 Å². The van der Waals surface area contributed by atoms with Crippen molar-refractivity contribution in [3.63, 3.8) is 0 Å². The number of nitrogens with one attached hydrogen (secondary N) is 1. The Bertz CT molecular complexity index is 703. The molecule has 0 saturated carbocycles. The first-order valence-corrected chi connectivity index (χ1v) is 7.33. The zero-order valence-electron chi connectivity index (χ0n) is 12.5. The Morgan fingerprint density at radius 3 is 2.83 bits per heavy atom. The van der Waals surface area contributed by atoms with E-state index in [1.54, 1.807) is 12.1 Å². The highest BCUT2D eigenvalue weighted by Gasteiger charge is 2.24. The zero-order valence-corrected chi connectivity index (χ0v) is 12.5. The van der Waals surface area contributed by atoms with Crippen LogP contribution in [0.4, 0.5) is 5.69 Å². The van der Waals surface area contributed by atoms with E-state index < -0.39 is 6.10 Å². The number of fused-ring (bicyclic) bond motifs is 1. The minimum Gasteiger partial charge on any atom is -0.489 e. The first kappa shape index (κ1) is 15.3.